The number of thiophene rings is 1. The molecular weight excluding hydrogens is 332 g/mol. The predicted octanol–water partition coefficient (Wildman–Crippen LogP) is 1.37. The smallest absolute Gasteiger partial charge is 0.261 e. The number of nitrogens with one attached hydrogen (secondary N) is 2. The van der Waals surface area contributed by atoms with Crippen LogP contribution in [0, 0.1) is 5.92 Å². The van der Waals surface area contributed by atoms with Gasteiger partial charge in [-0.2, -0.15) is 0 Å². The second-order valence-corrected chi connectivity index (χ2v) is 6.77. The van der Waals surface area contributed by atoms with Gasteiger partial charge in [-0.15, -0.1) is 11.3 Å². The van der Waals surface area contributed by atoms with E-state index in [1.807, 2.05) is 13.8 Å². The number of amides is 2. The molecule has 5 nitrogen and oxygen atoms in total. The molecule has 0 saturated heterocycles. The van der Waals surface area contributed by atoms with Crippen molar-refractivity contribution in [3.8, 4) is 0 Å². The quantitative estimate of drug-likeness (QED) is 0.726. The van der Waals surface area contributed by atoms with Crippen molar-refractivity contribution in [1.29, 1.82) is 0 Å². The second kappa shape index (κ2) is 7.62. The summed E-state index contributed by atoms with van der Waals surface area (Å²) >= 11 is 4.58. The molecule has 1 heterocycles. The summed E-state index contributed by atoms with van der Waals surface area (Å²) in [6, 6.07) is 3.34. The maximum atomic E-state index is 11.7. The maximum Gasteiger partial charge on any atom is 0.261 e. The molecule has 106 valence electrons. The van der Waals surface area contributed by atoms with Crippen LogP contribution < -0.4 is 10.6 Å². The average molecular weight is 349 g/mol. The van der Waals surface area contributed by atoms with Gasteiger partial charge in [-0.1, -0.05) is 6.92 Å². The van der Waals surface area contributed by atoms with E-state index in [2.05, 4.69) is 26.6 Å². The lowest BCUT2D eigenvalue weighted by atomic mass is 10.1. The summed E-state index contributed by atoms with van der Waals surface area (Å²) in [6.07, 6.45) is 0. The number of hydrogen-bond donors (Lipinski definition) is 3. The molecule has 0 saturated carbocycles. The molecule has 2 atom stereocenters. The molecule has 0 radical (unpaired) electrons. The summed E-state index contributed by atoms with van der Waals surface area (Å²) < 4.78 is 0.868. The summed E-state index contributed by atoms with van der Waals surface area (Å²) in [4.78, 5) is 23.9. The number of carbonyl (C=O) groups excluding carboxylic acids is 2. The fraction of sp³-hybridized carbons (Fsp3) is 0.500. The van der Waals surface area contributed by atoms with Crippen LogP contribution in [-0.4, -0.2) is 36.1 Å². The molecule has 0 aliphatic rings. The summed E-state index contributed by atoms with van der Waals surface area (Å²) in [5.74, 6) is -0.557. The maximum absolute atomic E-state index is 11.7. The molecular formula is C12H17BrN2O3S. The molecule has 0 aliphatic heterocycles. The first-order valence-corrected chi connectivity index (χ1v) is 7.48. The Kier molecular flexibility index (Phi) is 6.47. The Morgan fingerprint density at radius 1 is 1.42 bits per heavy atom. The Labute approximate surface area is 124 Å². The monoisotopic (exact) mass is 348 g/mol. The Morgan fingerprint density at radius 3 is 2.63 bits per heavy atom. The Balaban J connectivity index is 2.36. The van der Waals surface area contributed by atoms with Crippen LogP contribution in [0.25, 0.3) is 0 Å². The Morgan fingerprint density at radius 2 is 2.11 bits per heavy atom. The third-order valence-electron chi connectivity index (χ3n) is 2.74. The Bertz CT molecular complexity index is 450. The average Bonchev–Trinajstić information content (AvgIpc) is 2.81. The SMILES string of the molecule is CC(CO)C(C)NC(=O)CNC(=O)c1ccc(Br)s1. The molecule has 1 aromatic heterocycles. The summed E-state index contributed by atoms with van der Waals surface area (Å²) in [6.45, 7) is 3.59. The number of aliphatic hydroxyl groups is 1. The first-order chi connectivity index (χ1) is 8.93. The van der Waals surface area contributed by atoms with Gasteiger partial charge in [-0.05, 0) is 40.9 Å². The van der Waals surface area contributed by atoms with E-state index in [1.54, 1.807) is 12.1 Å². The summed E-state index contributed by atoms with van der Waals surface area (Å²) in [5, 5.41) is 14.2. The Hall–Kier alpha value is -0.920. The number of halogens is 1. The van der Waals surface area contributed by atoms with E-state index in [-0.39, 0.29) is 36.9 Å². The molecule has 19 heavy (non-hydrogen) atoms. The molecule has 0 bridgehead atoms. The van der Waals surface area contributed by atoms with Gasteiger partial charge >= 0.3 is 0 Å². The van der Waals surface area contributed by atoms with E-state index in [1.165, 1.54) is 11.3 Å². The second-order valence-electron chi connectivity index (χ2n) is 4.30. The van der Waals surface area contributed by atoms with Crippen molar-refractivity contribution in [2.75, 3.05) is 13.2 Å². The van der Waals surface area contributed by atoms with Crippen LogP contribution in [0.1, 0.15) is 23.5 Å². The topological polar surface area (TPSA) is 78.4 Å². The van der Waals surface area contributed by atoms with Gasteiger partial charge in [0.05, 0.1) is 15.2 Å². The normalized spacial score (nSPS) is 13.7. The molecule has 1 aromatic rings. The van der Waals surface area contributed by atoms with Gasteiger partial charge in [-0.25, -0.2) is 0 Å². The van der Waals surface area contributed by atoms with Crippen LogP contribution in [0.2, 0.25) is 0 Å². The van der Waals surface area contributed by atoms with Crippen molar-refractivity contribution in [3.05, 3.63) is 20.8 Å². The van der Waals surface area contributed by atoms with Crippen LogP contribution in [-0.2, 0) is 4.79 Å². The fourth-order valence-corrected chi connectivity index (χ4v) is 2.59. The van der Waals surface area contributed by atoms with Crippen LogP contribution in [0.5, 0.6) is 0 Å². The standard InChI is InChI=1S/C12H17BrN2O3S/c1-7(6-16)8(2)15-11(17)5-14-12(18)9-3-4-10(13)19-9/h3-4,7-8,16H,5-6H2,1-2H3,(H,14,18)(H,15,17). The van der Waals surface area contributed by atoms with E-state index in [9.17, 15) is 9.59 Å². The van der Waals surface area contributed by atoms with Crippen molar-refractivity contribution >= 4 is 39.1 Å². The van der Waals surface area contributed by atoms with Gasteiger partial charge in [-0.3, -0.25) is 9.59 Å². The van der Waals surface area contributed by atoms with Crippen LogP contribution >= 0.6 is 27.3 Å². The molecule has 0 aromatic carbocycles. The molecule has 0 aliphatic carbocycles. The van der Waals surface area contributed by atoms with Crippen molar-refractivity contribution in [3.63, 3.8) is 0 Å². The number of hydrogen-bond acceptors (Lipinski definition) is 4. The molecule has 2 amide bonds. The zero-order valence-corrected chi connectivity index (χ0v) is 13.2. The highest BCUT2D eigenvalue weighted by atomic mass is 79.9. The number of aliphatic hydroxyl groups excluding tert-OH is 1. The number of rotatable bonds is 6. The van der Waals surface area contributed by atoms with Crippen molar-refractivity contribution in [2.45, 2.75) is 19.9 Å². The first kappa shape index (κ1) is 16.1. The van der Waals surface area contributed by atoms with E-state index < -0.39 is 0 Å². The van der Waals surface area contributed by atoms with Crippen LogP contribution in [0.4, 0.5) is 0 Å². The summed E-state index contributed by atoms with van der Waals surface area (Å²) in [7, 11) is 0. The van der Waals surface area contributed by atoms with Crippen LogP contribution in [0.3, 0.4) is 0 Å². The lowest BCUT2D eigenvalue weighted by Crippen LogP contribution is -2.43. The lowest BCUT2D eigenvalue weighted by Gasteiger charge is -2.19. The third-order valence-corrected chi connectivity index (χ3v) is 4.36. The minimum absolute atomic E-state index is 0.0109. The number of carbonyl (C=O) groups is 2. The first-order valence-electron chi connectivity index (χ1n) is 5.87. The van der Waals surface area contributed by atoms with E-state index >= 15 is 0 Å². The van der Waals surface area contributed by atoms with E-state index in [0.29, 0.717) is 4.88 Å². The zero-order chi connectivity index (χ0) is 14.4. The minimum Gasteiger partial charge on any atom is -0.396 e. The highest BCUT2D eigenvalue weighted by Crippen LogP contribution is 2.21. The molecule has 2 unspecified atom stereocenters. The predicted molar refractivity (Wildman–Crippen MR) is 78.2 cm³/mol. The fourth-order valence-electron chi connectivity index (χ4n) is 1.29. The highest BCUT2D eigenvalue weighted by Gasteiger charge is 2.15. The molecule has 0 spiro atoms. The molecule has 7 heteroatoms. The highest BCUT2D eigenvalue weighted by molar-refractivity contribution is 9.11. The lowest BCUT2D eigenvalue weighted by molar-refractivity contribution is -0.121. The van der Waals surface area contributed by atoms with Gasteiger partial charge < -0.3 is 15.7 Å². The van der Waals surface area contributed by atoms with E-state index in [4.69, 9.17) is 5.11 Å². The third kappa shape index (κ3) is 5.30. The zero-order valence-electron chi connectivity index (χ0n) is 10.8. The van der Waals surface area contributed by atoms with Gasteiger partial charge in [0.1, 0.15) is 0 Å². The van der Waals surface area contributed by atoms with Gasteiger partial charge in [0.15, 0.2) is 0 Å². The van der Waals surface area contributed by atoms with E-state index in [0.717, 1.165) is 3.79 Å². The van der Waals surface area contributed by atoms with Gasteiger partial charge in [0.25, 0.3) is 5.91 Å². The van der Waals surface area contributed by atoms with Crippen molar-refractivity contribution < 1.29 is 14.7 Å². The minimum atomic E-state index is -0.270. The van der Waals surface area contributed by atoms with Crippen molar-refractivity contribution in [2.24, 2.45) is 5.92 Å². The molecule has 3 N–H and O–H groups in total. The van der Waals surface area contributed by atoms with Gasteiger partial charge in [0, 0.05) is 12.6 Å². The van der Waals surface area contributed by atoms with Crippen molar-refractivity contribution in [1.82, 2.24) is 10.6 Å². The van der Waals surface area contributed by atoms with Gasteiger partial charge in [0.2, 0.25) is 5.91 Å². The van der Waals surface area contributed by atoms with Crippen LogP contribution in [0.15, 0.2) is 15.9 Å². The molecule has 0 fully saturated rings. The summed E-state index contributed by atoms with van der Waals surface area (Å²) in [5.41, 5.74) is 0. The molecule has 1 rings (SSSR count). The largest absolute Gasteiger partial charge is 0.396 e.